The van der Waals surface area contributed by atoms with Gasteiger partial charge in [-0.25, -0.2) is 4.68 Å². The Balaban J connectivity index is 2.00. The van der Waals surface area contributed by atoms with Crippen molar-refractivity contribution in [3.63, 3.8) is 0 Å². The molecular weight excluding hydrogens is 342 g/mol. The van der Waals surface area contributed by atoms with Crippen LogP contribution < -0.4 is 10.9 Å². The fraction of sp³-hybridized carbons (Fsp3) is 0.692. The van der Waals surface area contributed by atoms with E-state index in [1.54, 1.807) is 17.1 Å². The van der Waals surface area contributed by atoms with Crippen molar-refractivity contribution in [2.24, 2.45) is 5.92 Å². The van der Waals surface area contributed by atoms with Gasteiger partial charge in [-0.15, -0.1) is 0 Å². The van der Waals surface area contributed by atoms with Gasteiger partial charge in [0.05, 0.1) is 10.7 Å². The van der Waals surface area contributed by atoms with E-state index >= 15 is 0 Å². The Labute approximate surface area is 129 Å². The molecule has 0 aliphatic heterocycles. The van der Waals surface area contributed by atoms with Crippen molar-refractivity contribution in [3.05, 3.63) is 21.0 Å². The molecular formula is C13H20BrN3O2S. The minimum absolute atomic E-state index is 0.0797. The predicted octanol–water partition coefficient (Wildman–Crippen LogP) is 1.99. The lowest BCUT2D eigenvalue weighted by molar-refractivity contribution is 0.262. The zero-order valence-corrected chi connectivity index (χ0v) is 14.0. The molecule has 112 valence electrons. The van der Waals surface area contributed by atoms with Crippen molar-refractivity contribution in [3.8, 4) is 0 Å². The first-order valence-electron chi connectivity index (χ1n) is 6.87. The van der Waals surface area contributed by atoms with Gasteiger partial charge in [-0.2, -0.15) is 5.10 Å². The molecule has 0 saturated heterocycles. The van der Waals surface area contributed by atoms with Crippen molar-refractivity contribution >= 4 is 32.4 Å². The molecule has 1 aliphatic carbocycles. The summed E-state index contributed by atoms with van der Waals surface area (Å²) in [4.78, 5) is 12.3. The van der Waals surface area contributed by atoms with Crippen LogP contribution in [-0.2, 0) is 17.3 Å². The van der Waals surface area contributed by atoms with Gasteiger partial charge in [0, 0.05) is 35.9 Å². The highest BCUT2D eigenvalue weighted by Crippen LogP contribution is 2.27. The second-order valence-corrected chi connectivity index (χ2v) is 7.62. The third-order valence-electron chi connectivity index (χ3n) is 3.56. The van der Waals surface area contributed by atoms with E-state index in [4.69, 9.17) is 0 Å². The Morgan fingerprint density at radius 2 is 2.30 bits per heavy atom. The Morgan fingerprint density at radius 3 is 2.90 bits per heavy atom. The lowest BCUT2D eigenvalue weighted by atomic mass is 9.85. The van der Waals surface area contributed by atoms with E-state index in [0.29, 0.717) is 34.9 Å². The van der Waals surface area contributed by atoms with E-state index in [1.165, 1.54) is 19.3 Å². The fourth-order valence-electron chi connectivity index (χ4n) is 2.17. The molecule has 1 saturated carbocycles. The number of nitrogens with one attached hydrogen (secondary N) is 1. The van der Waals surface area contributed by atoms with Crippen LogP contribution in [0.3, 0.4) is 0 Å². The molecule has 1 unspecified atom stereocenters. The number of rotatable bonds is 7. The standard InChI is InChI=1S/C13H20BrN3O2S/c1-20(19)7-3-6-15-12-11(14)8-16-17(13(12)18)9-10-4-2-5-10/h8,10,15H,2-7,9H2,1H3. The summed E-state index contributed by atoms with van der Waals surface area (Å²) in [7, 11) is -0.787. The fourth-order valence-corrected chi connectivity index (χ4v) is 3.12. The van der Waals surface area contributed by atoms with Crippen molar-refractivity contribution in [2.45, 2.75) is 32.2 Å². The maximum atomic E-state index is 12.3. The molecule has 5 nitrogen and oxygen atoms in total. The first-order chi connectivity index (χ1) is 9.58. The van der Waals surface area contributed by atoms with Crippen molar-refractivity contribution in [2.75, 3.05) is 23.9 Å². The Morgan fingerprint density at radius 1 is 1.55 bits per heavy atom. The van der Waals surface area contributed by atoms with Crippen LogP contribution in [0.2, 0.25) is 0 Å². The number of halogens is 1. The zero-order chi connectivity index (χ0) is 14.5. The first kappa shape index (κ1) is 15.7. The van der Waals surface area contributed by atoms with Crippen molar-refractivity contribution in [1.29, 1.82) is 0 Å². The monoisotopic (exact) mass is 361 g/mol. The van der Waals surface area contributed by atoms with Crippen LogP contribution in [0.4, 0.5) is 5.69 Å². The van der Waals surface area contributed by atoms with Crippen LogP contribution in [0.25, 0.3) is 0 Å². The second kappa shape index (κ2) is 7.36. The molecule has 0 spiro atoms. The van der Waals surface area contributed by atoms with Gasteiger partial charge in [-0.1, -0.05) is 6.42 Å². The lowest BCUT2D eigenvalue weighted by Gasteiger charge is -2.25. The molecule has 1 aromatic heterocycles. The highest BCUT2D eigenvalue weighted by molar-refractivity contribution is 9.10. The van der Waals surface area contributed by atoms with Gasteiger partial charge in [0.1, 0.15) is 5.69 Å². The molecule has 1 fully saturated rings. The van der Waals surface area contributed by atoms with Gasteiger partial charge in [-0.3, -0.25) is 9.00 Å². The SMILES string of the molecule is CS(=O)CCCNc1c(Br)cnn(CC2CCC2)c1=O. The largest absolute Gasteiger partial charge is 0.380 e. The molecule has 1 aliphatic rings. The molecule has 2 rings (SSSR count). The predicted molar refractivity (Wildman–Crippen MR) is 85.6 cm³/mol. The first-order valence-corrected chi connectivity index (χ1v) is 9.39. The molecule has 20 heavy (non-hydrogen) atoms. The summed E-state index contributed by atoms with van der Waals surface area (Å²) in [5, 5.41) is 7.32. The Hall–Kier alpha value is -0.690. The average molecular weight is 362 g/mol. The summed E-state index contributed by atoms with van der Waals surface area (Å²) in [6.45, 7) is 1.35. The second-order valence-electron chi connectivity index (χ2n) is 5.21. The molecule has 1 atom stereocenters. The van der Waals surface area contributed by atoms with Gasteiger partial charge in [0.15, 0.2) is 0 Å². The number of hydrogen-bond donors (Lipinski definition) is 1. The molecule has 1 aromatic rings. The number of aromatic nitrogens is 2. The summed E-state index contributed by atoms with van der Waals surface area (Å²) >= 11 is 3.36. The van der Waals surface area contributed by atoms with Crippen LogP contribution in [0.15, 0.2) is 15.5 Å². The van der Waals surface area contributed by atoms with E-state index in [1.807, 2.05) is 0 Å². The van der Waals surface area contributed by atoms with Gasteiger partial charge < -0.3 is 5.32 Å². The topological polar surface area (TPSA) is 64.0 Å². The highest BCUT2D eigenvalue weighted by atomic mass is 79.9. The van der Waals surface area contributed by atoms with E-state index in [2.05, 4.69) is 26.3 Å². The van der Waals surface area contributed by atoms with Crippen LogP contribution in [0.5, 0.6) is 0 Å². The summed E-state index contributed by atoms with van der Waals surface area (Å²) in [5.41, 5.74) is 0.477. The maximum absolute atomic E-state index is 12.3. The van der Waals surface area contributed by atoms with Crippen LogP contribution in [0, 0.1) is 5.92 Å². The summed E-state index contributed by atoms with van der Waals surface area (Å²) < 4.78 is 13.2. The smallest absolute Gasteiger partial charge is 0.291 e. The number of anilines is 1. The molecule has 0 radical (unpaired) electrons. The summed E-state index contributed by atoms with van der Waals surface area (Å²) in [5.74, 6) is 1.24. The molecule has 1 N–H and O–H groups in total. The van der Waals surface area contributed by atoms with E-state index in [-0.39, 0.29) is 5.56 Å². The van der Waals surface area contributed by atoms with E-state index < -0.39 is 10.8 Å². The van der Waals surface area contributed by atoms with Crippen LogP contribution in [0.1, 0.15) is 25.7 Å². The number of hydrogen-bond acceptors (Lipinski definition) is 4. The quantitative estimate of drug-likeness (QED) is 0.754. The summed E-state index contributed by atoms with van der Waals surface area (Å²) in [6.07, 6.45) is 7.77. The van der Waals surface area contributed by atoms with E-state index in [0.717, 1.165) is 6.42 Å². The van der Waals surface area contributed by atoms with Gasteiger partial charge >= 0.3 is 0 Å². The van der Waals surface area contributed by atoms with Crippen molar-refractivity contribution in [1.82, 2.24) is 9.78 Å². The van der Waals surface area contributed by atoms with Gasteiger partial charge in [0.25, 0.3) is 5.56 Å². The average Bonchev–Trinajstić information content (AvgIpc) is 2.34. The van der Waals surface area contributed by atoms with Gasteiger partial charge in [0.2, 0.25) is 0 Å². The minimum Gasteiger partial charge on any atom is -0.380 e. The highest BCUT2D eigenvalue weighted by Gasteiger charge is 2.20. The molecule has 1 heterocycles. The molecule has 0 amide bonds. The zero-order valence-electron chi connectivity index (χ0n) is 11.6. The number of nitrogens with zero attached hydrogens (tertiary/aromatic N) is 2. The Kier molecular flexibility index (Phi) is 5.77. The third kappa shape index (κ3) is 4.15. The van der Waals surface area contributed by atoms with Crippen LogP contribution in [-0.4, -0.2) is 32.5 Å². The molecule has 0 bridgehead atoms. The van der Waals surface area contributed by atoms with E-state index in [9.17, 15) is 9.00 Å². The molecule has 0 aromatic carbocycles. The maximum Gasteiger partial charge on any atom is 0.291 e. The molecule has 7 heteroatoms. The normalized spacial score (nSPS) is 16.7. The van der Waals surface area contributed by atoms with Crippen molar-refractivity contribution < 1.29 is 4.21 Å². The third-order valence-corrected chi connectivity index (χ3v) is 5.03. The van der Waals surface area contributed by atoms with Gasteiger partial charge in [-0.05, 0) is 41.1 Å². The van der Waals surface area contributed by atoms with Crippen LogP contribution >= 0.6 is 15.9 Å². The Bertz CT molecular complexity index is 543. The minimum atomic E-state index is -0.787. The lowest BCUT2D eigenvalue weighted by Crippen LogP contribution is -2.31. The summed E-state index contributed by atoms with van der Waals surface area (Å²) in [6, 6.07) is 0.